The number of carboxylic acid groups (broad SMARTS) is 1. The molecule has 0 spiro atoms. The molecule has 1 aromatic carbocycles. The first kappa shape index (κ1) is 15.9. The minimum Gasteiger partial charge on any atom is -0.494 e. The predicted molar refractivity (Wildman–Crippen MR) is 71.2 cm³/mol. The molecule has 1 aromatic rings. The number of methoxy groups -OCH3 is 1. The topological polar surface area (TPSA) is 66.8 Å². The van der Waals surface area contributed by atoms with Crippen molar-refractivity contribution in [2.45, 2.75) is 19.3 Å². The third-order valence-electron chi connectivity index (χ3n) is 2.96. The van der Waals surface area contributed by atoms with E-state index in [1.54, 1.807) is 12.1 Å². The molecular formula is C14H18FNO4. The molecule has 0 aliphatic heterocycles. The molecule has 1 N–H and O–H groups in total. The maximum atomic E-state index is 13.9. The van der Waals surface area contributed by atoms with Crippen molar-refractivity contribution in [3.63, 3.8) is 0 Å². The van der Waals surface area contributed by atoms with Crippen molar-refractivity contribution in [2.24, 2.45) is 0 Å². The Kier molecular flexibility index (Phi) is 5.96. The number of carboxylic acids is 1. The Hall–Kier alpha value is -2.11. The summed E-state index contributed by atoms with van der Waals surface area (Å²) in [5, 5.41) is 8.54. The van der Waals surface area contributed by atoms with E-state index >= 15 is 0 Å². The third kappa shape index (κ3) is 4.53. The number of benzene rings is 1. The predicted octanol–water partition coefficient (Wildman–Crippen LogP) is 1.70. The highest BCUT2D eigenvalue weighted by Crippen LogP contribution is 2.21. The summed E-state index contributed by atoms with van der Waals surface area (Å²) in [4.78, 5) is 23.5. The molecule has 20 heavy (non-hydrogen) atoms. The van der Waals surface area contributed by atoms with Crippen molar-refractivity contribution in [1.29, 1.82) is 0 Å². The lowest BCUT2D eigenvalue weighted by Gasteiger charge is -2.16. The number of aryl methyl sites for hydroxylation is 1. The summed E-state index contributed by atoms with van der Waals surface area (Å²) in [6.07, 6.45) is 0.273. The lowest BCUT2D eigenvalue weighted by Crippen LogP contribution is -2.29. The SMILES string of the molecule is COc1cccc(CCC(=O)N(C)CCC(=O)O)c1F. The van der Waals surface area contributed by atoms with Crippen LogP contribution >= 0.6 is 0 Å². The maximum Gasteiger partial charge on any atom is 0.305 e. The second-order valence-electron chi connectivity index (χ2n) is 4.39. The Bertz CT molecular complexity index is 490. The number of hydrogen-bond donors (Lipinski definition) is 1. The third-order valence-corrected chi connectivity index (χ3v) is 2.96. The second kappa shape index (κ2) is 7.47. The number of halogens is 1. The Balaban J connectivity index is 2.54. The van der Waals surface area contributed by atoms with Crippen LogP contribution in [-0.4, -0.2) is 42.6 Å². The van der Waals surface area contributed by atoms with E-state index in [9.17, 15) is 14.0 Å². The average Bonchev–Trinajstić information content (AvgIpc) is 2.43. The molecule has 0 saturated heterocycles. The van der Waals surface area contributed by atoms with E-state index in [-0.39, 0.29) is 37.5 Å². The van der Waals surface area contributed by atoms with Gasteiger partial charge in [-0.25, -0.2) is 4.39 Å². The van der Waals surface area contributed by atoms with Gasteiger partial charge in [0.1, 0.15) is 0 Å². The van der Waals surface area contributed by atoms with Gasteiger partial charge < -0.3 is 14.7 Å². The Morgan fingerprint density at radius 1 is 1.35 bits per heavy atom. The van der Waals surface area contributed by atoms with Crippen molar-refractivity contribution in [2.75, 3.05) is 20.7 Å². The van der Waals surface area contributed by atoms with Crippen LogP contribution in [0.2, 0.25) is 0 Å². The number of nitrogens with zero attached hydrogens (tertiary/aromatic N) is 1. The summed E-state index contributed by atoms with van der Waals surface area (Å²) in [5.41, 5.74) is 0.407. The van der Waals surface area contributed by atoms with E-state index in [0.717, 1.165) is 0 Å². The van der Waals surface area contributed by atoms with Gasteiger partial charge in [-0.15, -0.1) is 0 Å². The van der Waals surface area contributed by atoms with Crippen LogP contribution < -0.4 is 4.74 Å². The normalized spacial score (nSPS) is 10.2. The van der Waals surface area contributed by atoms with Crippen LogP contribution in [0.4, 0.5) is 4.39 Å². The molecule has 1 rings (SSSR count). The molecule has 0 heterocycles. The van der Waals surface area contributed by atoms with E-state index < -0.39 is 11.8 Å². The fourth-order valence-electron chi connectivity index (χ4n) is 1.73. The number of carbonyl (C=O) groups excluding carboxylic acids is 1. The van der Waals surface area contributed by atoms with Crippen molar-refractivity contribution in [3.8, 4) is 5.75 Å². The molecular weight excluding hydrogens is 265 g/mol. The highest BCUT2D eigenvalue weighted by molar-refractivity contribution is 5.77. The Labute approximate surface area is 117 Å². The van der Waals surface area contributed by atoms with Gasteiger partial charge in [0, 0.05) is 20.0 Å². The molecule has 0 bridgehead atoms. The molecule has 5 nitrogen and oxygen atoms in total. The second-order valence-corrected chi connectivity index (χ2v) is 4.39. The highest BCUT2D eigenvalue weighted by Gasteiger charge is 2.13. The summed E-state index contributed by atoms with van der Waals surface area (Å²) in [7, 11) is 2.92. The van der Waals surface area contributed by atoms with Crippen LogP contribution in [0, 0.1) is 5.82 Å². The standard InChI is InChI=1S/C14H18FNO4/c1-16(9-8-13(18)19)12(17)7-6-10-4-3-5-11(20-2)14(10)15/h3-5H,6-9H2,1-2H3,(H,18,19). The molecule has 110 valence electrons. The number of ether oxygens (including phenoxy) is 1. The smallest absolute Gasteiger partial charge is 0.305 e. The minimum absolute atomic E-state index is 0.101. The van der Waals surface area contributed by atoms with Gasteiger partial charge in [-0.1, -0.05) is 12.1 Å². The van der Waals surface area contributed by atoms with Gasteiger partial charge in [0.15, 0.2) is 11.6 Å². The van der Waals surface area contributed by atoms with E-state index in [2.05, 4.69) is 0 Å². The molecule has 0 unspecified atom stereocenters. The number of rotatable bonds is 7. The summed E-state index contributed by atoms with van der Waals surface area (Å²) < 4.78 is 18.7. The van der Waals surface area contributed by atoms with Crippen LogP contribution in [0.5, 0.6) is 5.75 Å². The highest BCUT2D eigenvalue weighted by atomic mass is 19.1. The lowest BCUT2D eigenvalue weighted by molar-refractivity contribution is -0.138. The van der Waals surface area contributed by atoms with Crippen LogP contribution in [0.1, 0.15) is 18.4 Å². The summed E-state index contributed by atoms with van der Waals surface area (Å²) in [6.45, 7) is 0.148. The van der Waals surface area contributed by atoms with Crippen LogP contribution in [-0.2, 0) is 16.0 Å². The zero-order chi connectivity index (χ0) is 15.1. The van der Waals surface area contributed by atoms with Gasteiger partial charge in [-0.3, -0.25) is 9.59 Å². The minimum atomic E-state index is -0.955. The molecule has 0 atom stereocenters. The summed E-state index contributed by atoms with van der Waals surface area (Å²) in [6, 6.07) is 4.78. The Morgan fingerprint density at radius 2 is 2.05 bits per heavy atom. The zero-order valence-corrected chi connectivity index (χ0v) is 11.6. The quantitative estimate of drug-likeness (QED) is 0.827. The van der Waals surface area contributed by atoms with Crippen molar-refractivity contribution in [3.05, 3.63) is 29.6 Å². The van der Waals surface area contributed by atoms with Gasteiger partial charge in [0.25, 0.3) is 0 Å². The van der Waals surface area contributed by atoms with E-state index in [0.29, 0.717) is 5.56 Å². The number of aliphatic carboxylic acids is 1. The van der Waals surface area contributed by atoms with Crippen molar-refractivity contribution < 1.29 is 23.8 Å². The van der Waals surface area contributed by atoms with Crippen LogP contribution in [0.15, 0.2) is 18.2 Å². The molecule has 1 amide bonds. The lowest BCUT2D eigenvalue weighted by atomic mass is 10.1. The number of amides is 1. The van der Waals surface area contributed by atoms with E-state index in [1.807, 2.05) is 0 Å². The molecule has 0 aliphatic carbocycles. The zero-order valence-electron chi connectivity index (χ0n) is 11.6. The summed E-state index contributed by atoms with van der Waals surface area (Å²) in [5.74, 6) is -1.48. The molecule has 0 fully saturated rings. The van der Waals surface area contributed by atoms with Gasteiger partial charge >= 0.3 is 5.97 Å². The number of carbonyl (C=O) groups is 2. The Morgan fingerprint density at radius 3 is 2.65 bits per heavy atom. The van der Waals surface area contributed by atoms with Crippen molar-refractivity contribution >= 4 is 11.9 Å². The van der Waals surface area contributed by atoms with Gasteiger partial charge in [-0.05, 0) is 18.1 Å². The fraction of sp³-hybridized carbons (Fsp3) is 0.429. The fourth-order valence-corrected chi connectivity index (χ4v) is 1.73. The van der Waals surface area contributed by atoms with E-state index in [4.69, 9.17) is 9.84 Å². The maximum absolute atomic E-state index is 13.9. The monoisotopic (exact) mass is 283 g/mol. The first-order chi connectivity index (χ1) is 9.45. The first-order valence-corrected chi connectivity index (χ1v) is 6.22. The molecule has 6 heteroatoms. The number of hydrogen-bond acceptors (Lipinski definition) is 3. The van der Waals surface area contributed by atoms with Crippen molar-refractivity contribution in [1.82, 2.24) is 4.90 Å². The van der Waals surface area contributed by atoms with Gasteiger partial charge in [-0.2, -0.15) is 0 Å². The van der Waals surface area contributed by atoms with Crippen LogP contribution in [0.25, 0.3) is 0 Å². The largest absolute Gasteiger partial charge is 0.494 e. The molecule has 0 saturated carbocycles. The van der Waals surface area contributed by atoms with Gasteiger partial charge in [0.05, 0.1) is 13.5 Å². The summed E-state index contributed by atoms with van der Waals surface area (Å²) >= 11 is 0. The van der Waals surface area contributed by atoms with E-state index in [1.165, 1.54) is 25.1 Å². The van der Waals surface area contributed by atoms with Gasteiger partial charge in [0.2, 0.25) is 5.91 Å². The molecule has 0 aliphatic rings. The molecule has 0 radical (unpaired) electrons. The molecule has 0 aromatic heterocycles. The van der Waals surface area contributed by atoms with Crippen LogP contribution in [0.3, 0.4) is 0 Å². The average molecular weight is 283 g/mol. The first-order valence-electron chi connectivity index (χ1n) is 6.22.